The smallest absolute Gasteiger partial charge is 0.333 e. The van der Waals surface area contributed by atoms with Gasteiger partial charge in [-0.1, -0.05) is 36.9 Å². The van der Waals surface area contributed by atoms with Crippen molar-refractivity contribution < 1.29 is 9.53 Å². The highest BCUT2D eigenvalue weighted by Gasteiger charge is 2.55. The van der Waals surface area contributed by atoms with E-state index in [1.807, 2.05) is 6.07 Å². The third-order valence-corrected chi connectivity index (χ3v) is 4.41. The predicted octanol–water partition coefficient (Wildman–Crippen LogP) is 2.77. The minimum atomic E-state index is -0.260. The van der Waals surface area contributed by atoms with Crippen molar-refractivity contribution in [2.75, 3.05) is 6.61 Å². The van der Waals surface area contributed by atoms with Crippen molar-refractivity contribution in [1.29, 1.82) is 0 Å². The summed E-state index contributed by atoms with van der Waals surface area (Å²) in [6, 6.07) is 11.9. The van der Waals surface area contributed by atoms with Crippen molar-refractivity contribution in [3.05, 3.63) is 48.0 Å². The molecule has 20 heavy (non-hydrogen) atoms. The van der Waals surface area contributed by atoms with E-state index in [4.69, 9.17) is 4.74 Å². The maximum absolute atomic E-state index is 11.5. The summed E-state index contributed by atoms with van der Waals surface area (Å²) in [5.41, 5.74) is 1.84. The SMILES string of the molecule is C=C(C)C(=O)OCC1CCC2C1N2Cc1ccccc1. The van der Waals surface area contributed by atoms with E-state index in [2.05, 4.69) is 35.7 Å². The summed E-state index contributed by atoms with van der Waals surface area (Å²) in [6.07, 6.45) is 2.40. The van der Waals surface area contributed by atoms with Crippen molar-refractivity contribution in [1.82, 2.24) is 4.90 Å². The molecule has 1 aliphatic carbocycles. The summed E-state index contributed by atoms with van der Waals surface area (Å²) in [4.78, 5) is 14.0. The summed E-state index contributed by atoms with van der Waals surface area (Å²) in [7, 11) is 0. The van der Waals surface area contributed by atoms with Gasteiger partial charge in [-0.2, -0.15) is 0 Å². The lowest BCUT2D eigenvalue weighted by atomic mass is 10.1. The number of nitrogens with zero attached hydrogens (tertiary/aromatic N) is 1. The molecule has 4 atom stereocenters. The number of carbonyl (C=O) groups excluding carboxylic acids is 1. The van der Waals surface area contributed by atoms with Gasteiger partial charge in [0.05, 0.1) is 6.61 Å². The lowest BCUT2D eigenvalue weighted by Gasteiger charge is -2.16. The van der Waals surface area contributed by atoms with E-state index in [-0.39, 0.29) is 5.97 Å². The van der Waals surface area contributed by atoms with Crippen LogP contribution in [-0.2, 0) is 16.1 Å². The van der Waals surface area contributed by atoms with Crippen LogP contribution in [0.5, 0.6) is 0 Å². The van der Waals surface area contributed by atoms with Crippen LogP contribution < -0.4 is 0 Å². The van der Waals surface area contributed by atoms with E-state index < -0.39 is 0 Å². The highest BCUT2D eigenvalue weighted by molar-refractivity contribution is 5.86. The number of ether oxygens (including phenoxy) is 1. The Morgan fingerprint density at radius 3 is 2.80 bits per heavy atom. The van der Waals surface area contributed by atoms with Gasteiger partial charge in [-0.15, -0.1) is 0 Å². The zero-order valence-corrected chi connectivity index (χ0v) is 11.9. The molecule has 0 aromatic heterocycles. The molecule has 2 aliphatic rings. The maximum Gasteiger partial charge on any atom is 0.333 e. The molecule has 1 aliphatic heterocycles. The van der Waals surface area contributed by atoms with E-state index >= 15 is 0 Å². The Labute approximate surface area is 120 Å². The van der Waals surface area contributed by atoms with Gasteiger partial charge >= 0.3 is 5.97 Å². The average Bonchev–Trinajstić information content (AvgIpc) is 2.95. The lowest BCUT2D eigenvalue weighted by Crippen LogP contribution is -2.20. The van der Waals surface area contributed by atoms with Crippen molar-refractivity contribution in [3.8, 4) is 0 Å². The number of hydrogen-bond acceptors (Lipinski definition) is 3. The molecule has 3 heteroatoms. The minimum absolute atomic E-state index is 0.260. The lowest BCUT2D eigenvalue weighted by molar-refractivity contribution is -0.140. The van der Waals surface area contributed by atoms with Crippen molar-refractivity contribution >= 4 is 5.97 Å². The zero-order chi connectivity index (χ0) is 14.1. The Kier molecular flexibility index (Phi) is 3.62. The number of fused-ring (bicyclic) bond motifs is 1. The Morgan fingerprint density at radius 2 is 2.10 bits per heavy atom. The van der Waals surface area contributed by atoms with Gasteiger partial charge in [-0.05, 0) is 25.3 Å². The molecule has 4 unspecified atom stereocenters. The van der Waals surface area contributed by atoms with E-state index in [9.17, 15) is 4.79 Å². The van der Waals surface area contributed by atoms with Crippen molar-refractivity contribution in [2.24, 2.45) is 5.92 Å². The van der Waals surface area contributed by atoms with Crippen molar-refractivity contribution in [3.63, 3.8) is 0 Å². The highest BCUT2D eigenvalue weighted by Crippen LogP contribution is 2.47. The topological polar surface area (TPSA) is 29.3 Å². The number of likely N-dealkylation sites (tertiary alicyclic amines) is 1. The quantitative estimate of drug-likeness (QED) is 0.468. The number of rotatable bonds is 5. The normalized spacial score (nSPS) is 30.6. The first kappa shape index (κ1) is 13.4. The summed E-state index contributed by atoms with van der Waals surface area (Å²) >= 11 is 0. The fraction of sp³-hybridized carbons (Fsp3) is 0.471. The molecular weight excluding hydrogens is 250 g/mol. The van der Waals surface area contributed by atoms with Gasteiger partial charge < -0.3 is 4.74 Å². The number of esters is 1. The first-order chi connectivity index (χ1) is 9.66. The Bertz CT molecular complexity index is 511. The number of piperidine rings is 1. The van der Waals surface area contributed by atoms with Crippen LogP contribution in [0, 0.1) is 5.92 Å². The zero-order valence-electron chi connectivity index (χ0n) is 11.9. The van der Waals surface area contributed by atoms with Gasteiger partial charge in [-0.25, -0.2) is 4.79 Å². The van der Waals surface area contributed by atoms with Gasteiger partial charge in [0.15, 0.2) is 0 Å². The average molecular weight is 271 g/mol. The van der Waals surface area contributed by atoms with E-state index in [1.54, 1.807) is 6.92 Å². The van der Waals surface area contributed by atoms with E-state index in [1.165, 1.54) is 18.4 Å². The summed E-state index contributed by atoms with van der Waals surface area (Å²) in [5, 5.41) is 0. The fourth-order valence-corrected chi connectivity index (χ4v) is 3.34. The standard InChI is InChI=1S/C17H21NO2/c1-12(2)17(19)20-11-14-8-9-15-16(14)18(15)10-13-6-4-3-5-7-13/h3-7,14-16H,1,8-11H2,2H3. The monoisotopic (exact) mass is 271 g/mol. The molecule has 1 aromatic carbocycles. The number of benzene rings is 1. The Hall–Kier alpha value is -1.61. The van der Waals surface area contributed by atoms with Gasteiger partial charge in [0.1, 0.15) is 0 Å². The van der Waals surface area contributed by atoms with Crippen molar-refractivity contribution in [2.45, 2.75) is 38.4 Å². The molecule has 0 N–H and O–H groups in total. The minimum Gasteiger partial charge on any atom is -0.462 e. The molecule has 1 saturated carbocycles. The van der Waals surface area contributed by atoms with Gasteiger partial charge in [0.25, 0.3) is 0 Å². The molecule has 106 valence electrons. The summed E-state index contributed by atoms with van der Waals surface area (Å²) in [5.74, 6) is 0.232. The molecule has 1 aromatic rings. The van der Waals surface area contributed by atoms with Crippen LogP contribution >= 0.6 is 0 Å². The maximum atomic E-state index is 11.5. The molecule has 2 fully saturated rings. The van der Waals surface area contributed by atoms with Crippen LogP contribution in [0.3, 0.4) is 0 Å². The van der Waals surface area contributed by atoms with E-state index in [0.29, 0.717) is 30.2 Å². The van der Waals surface area contributed by atoms with Gasteiger partial charge in [0.2, 0.25) is 0 Å². The molecule has 3 nitrogen and oxygen atoms in total. The molecule has 0 spiro atoms. The summed E-state index contributed by atoms with van der Waals surface area (Å²) < 4.78 is 5.32. The Morgan fingerprint density at radius 1 is 1.35 bits per heavy atom. The van der Waals surface area contributed by atoms with Crippen LogP contribution in [0.15, 0.2) is 42.5 Å². The second kappa shape index (κ2) is 5.41. The van der Waals surface area contributed by atoms with Crippen LogP contribution in [-0.4, -0.2) is 29.6 Å². The van der Waals surface area contributed by atoms with Gasteiger partial charge in [-0.3, -0.25) is 4.90 Å². The molecular formula is C17H21NO2. The number of hydrogen-bond donors (Lipinski definition) is 0. The third-order valence-electron chi connectivity index (χ3n) is 4.41. The molecule has 1 saturated heterocycles. The first-order valence-electron chi connectivity index (χ1n) is 7.29. The molecule has 1 heterocycles. The predicted molar refractivity (Wildman–Crippen MR) is 78.1 cm³/mol. The molecule has 3 rings (SSSR count). The molecule has 0 radical (unpaired) electrons. The Balaban J connectivity index is 1.51. The van der Waals surface area contributed by atoms with Crippen LogP contribution in [0.1, 0.15) is 25.3 Å². The third kappa shape index (κ3) is 2.63. The fourth-order valence-electron chi connectivity index (χ4n) is 3.34. The summed E-state index contributed by atoms with van der Waals surface area (Å²) in [6.45, 7) is 6.86. The first-order valence-corrected chi connectivity index (χ1v) is 7.29. The number of carbonyl (C=O) groups is 1. The van der Waals surface area contributed by atoms with Gasteiger partial charge in [0, 0.05) is 30.1 Å². The van der Waals surface area contributed by atoms with Crippen LogP contribution in [0.25, 0.3) is 0 Å². The van der Waals surface area contributed by atoms with Crippen LogP contribution in [0.2, 0.25) is 0 Å². The largest absolute Gasteiger partial charge is 0.462 e. The van der Waals surface area contributed by atoms with E-state index in [0.717, 1.165) is 6.54 Å². The molecule has 0 bridgehead atoms. The second-order valence-corrected chi connectivity index (χ2v) is 5.93. The second-order valence-electron chi connectivity index (χ2n) is 5.93. The molecule has 0 amide bonds. The van der Waals surface area contributed by atoms with Crippen LogP contribution in [0.4, 0.5) is 0 Å². The highest BCUT2D eigenvalue weighted by atomic mass is 16.5.